The topological polar surface area (TPSA) is 57.8 Å². The summed E-state index contributed by atoms with van der Waals surface area (Å²) in [4.78, 5) is 12.0. The number of thiazole rings is 1. The molecular weight excluding hydrogens is 366 g/mol. The summed E-state index contributed by atoms with van der Waals surface area (Å²) < 4.78 is 0. The number of amidine groups is 1. The Hall–Kier alpha value is -1.89. The quantitative estimate of drug-likeness (QED) is 0.753. The number of fused-ring (bicyclic) bond motifs is 1. The monoisotopic (exact) mass is 389 g/mol. The molecular formula is C19H24ClN5S. The smallest absolute Gasteiger partial charge is 0.188 e. The lowest BCUT2D eigenvalue weighted by Gasteiger charge is -2.38. The molecule has 0 saturated heterocycles. The van der Waals surface area contributed by atoms with Gasteiger partial charge in [0.2, 0.25) is 0 Å². The zero-order valence-corrected chi connectivity index (χ0v) is 16.9. The second kappa shape index (κ2) is 7.39. The summed E-state index contributed by atoms with van der Waals surface area (Å²) in [6, 6.07) is 8.68. The molecule has 1 atom stereocenters. The maximum atomic E-state index is 6.34. The van der Waals surface area contributed by atoms with E-state index in [0.717, 1.165) is 47.3 Å². The summed E-state index contributed by atoms with van der Waals surface area (Å²) >= 11 is 1.62. The number of allylic oxidation sites excluding steroid dienone is 1. The molecule has 1 unspecified atom stereocenters. The summed E-state index contributed by atoms with van der Waals surface area (Å²) in [7, 11) is 0. The van der Waals surface area contributed by atoms with Crippen molar-refractivity contribution in [2.75, 3.05) is 6.54 Å². The molecule has 138 valence electrons. The van der Waals surface area contributed by atoms with Crippen molar-refractivity contribution in [1.29, 1.82) is 0 Å². The number of benzene rings is 1. The fourth-order valence-corrected chi connectivity index (χ4v) is 4.30. The van der Waals surface area contributed by atoms with Gasteiger partial charge in [-0.1, -0.05) is 24.3 Å². The Labute approximate surface area is 164 Å². The number of nitrogens with two attached hydrogens (primary N) is 1. The predicted molar refractivity (Wildman–Crippen MR) is 109 cm³/mol. The molecule has 2 aromatic rings. The van der Waals surface area contributed by atoms with Gasteiger partial charge in [-0.05, 0) is 38.3 Å². The molecule has 0 saturated carbocycles. The van der Waals surface area contributed by atoms with E-state index in [4.69, 9.17) is 10.8 Å². The summed E-state index contributed by atoms with van der Waals surface area (Å²) in [6.45, 7) is 8.06. The van der Waals surface area contributed by atoms with Crippen LogP contribution < -0.4 is 5.84 Å². The molecule has 0 spiro atoms. The van der Waals surface area contributed by atoms with Gasteiger partial charge in [-0.3, -0.25) is 5.01 Å². The number of hydrazine groups is 1. The molecule has 2 aliphatic heterocycles. The summed E-state index contributed by atoms with van der Waals surface area (Å²) in [5.74, 6) is 7.39. The predicted octanol–water partition coefficient (Wildman–Crippen LogP) is 3.81. The van der Waals surface area contributed by atoms with Crippen molar-refractivity contribution in [2.24, 2.45) is 10.8 Å². The molecule has 0 bridgehead atoms. The van der Waals surface area contributed by atoms with Crippen LogP contribution in [0.4, 0.5) is 0 Å². The number of aromatic nitrogens is 1. The average Bonchev–Trinajstić information content (AvgIpc) is 3.06. The maximum Gasteiger partial charge on any atom is 0.188 e. The number of hydrogen-bond acceptors (Lipinski definition) is 6. The van der Waals surface area contributed by atoms with E-state index in [0.29, 0.717) is 0 Å². The Morgan fingerprint density at radius 1 is 1.15 bits per heavy atom. The van der Waals surface area contributed by atoms with Gasteiger partial charge in [0.1, 0.15) is 10.8 Å². The highest BCUT2D eigenvalue weighted by Crippen LogP contribution is 2.33. The first-order chi connectivity index (χ1) is 12.0. The first-order valence-electron chi connectivity index (χ1n) is 8.58. The fourth-order valence-electron chi connectivity index (χ4n) is 3.47. The van der Waals surface area contributed by atoms with Crippen molar-refractivity contribution < 1.29 is 0 Å². The average molecular weight is 390 g/mol. The highest BCUT2D eigenvalue weighted by molar-refractivity contribution is 7.09. The third-order valence-corrected chi connectivity index (χ3v) is 6.06. The standard InChI is InChI=1S/C19H23N5S.ClH/c1-12-11-25-19(21-12)18-22-17(13(2)14(3)24(18)20)23-9-8-15-6-4-5-7-16(15)10-23;/h4-7,11,18H,8-10,20H2,1-3H3;1H. The van der Waals surface area contributed by atoms with E-state index in [-0.39, 0.29) is 18.6 Å². The molecule has 3 heterocycles. The Morgan fingerprint density at radius 2 is 1.88 bits per heavy atom. The lowest BCUT2D eigenvalue weighted by Crippen LogP contribution is -2.44. The van der Waals surface area contributed by atoms with Gasteiger partial charge in [0.15, 0.2) is 6.17 Å². The molecule has 0 amide bonds. The minimum absolute atomic E-state index is 0. The van der Waals surface area contributed by atoms with Gasteiger partial charge in [-0.25, -0.2) is 15.8 Å². The van der Waals surface area contributed by atoms with Gasteiger partial charge in [0.25, 0.3) is 0 Å². The molecule has 1 aromatic heterocycles. The van der Waals surface area contributed by atoms with Gasteiger partial charge in [-0.15, -0.1) is 23.7 Å². The van der Waals surface area contributed by atoms with Crippen LogP contribution in [0.15, 0.2) is 45.9 Å². The molecule has 26 heavy (non-hydrogen) atoms. The van der Waals surface area contributed by atoms with Crippen molar-refractivity contribution >= 4 is 29.6 Å². The Balaban J connectivity index is 0.00000196. The highest BCUT2D eigenvalue weighted by atomic mass is 35.5. The Kier molecular flexibility index (Phi) is 5.37. The zero-order chi connectivity index (χ0) is 17.6. The van der Waals surface area contributed by atoms with Gasteiger partial charge in [0, 0.05) is 35.4 Å². The zero-order valence-electron chi connectivity index (χ0n) is 15.3. The Bertz CT molecular complexity index is 872. The van der Waals surface area contributed by atoms with Gasteiger partial charge in [-0.2, -0.15) is 0 Å². The van der Waals surface area contributed by atoms with E-state index < -0.39 is 0 Å². The van der Waals surface area contributed by atoms with Crippen LogP contribution in [-0.2, 0) is 13.0 Å². The SMILES string of the molecule is CC1=C(C)N(N)C(c2nc(C)cs2)N=C1N1CCc2ccccc2C1.Cl. The summed E-state index contributed by atoms with van der Waals surface area (Å²) in [5, 5.41) is 4.74. The lowest BCUT2D eigenvalue weighted by atomic mass is 9.99. The summed E-state index contributed by atoms with van der Waals surface area (Å²) in [6.07, 6.45) is 0.809. The first kappa shape index (κ1) is 18.9. The van der Waals surface area contributed by atoms with E-state index in [2.05, 4.69) is 53.4 Å². The highest BCUT2D eigenvalue weighted by Gasteiger charge is 2.31. The molecule has 0 radical (unpaired) electrons. The number of nitrogens with zero attached hydrogens (tertiary/aromatic N) is 4. The van der Waals surface area contributed by atoms with Crippen LogP contribution in [-0.4, -0.2) is 27.3 Å². The van der Waals surface area contributed by atoms with Crippen molar-refractivity contribution in [3.63, 3.8) is 0 Å². The second-order valence-electron chi connectivity index (χ2n) is 6.71. The molecule has 5 nitrogen and oxygen atoms in total. The van der Waals surface area contributed by atoms with E-state index in [1.807, 2.05) is 6.92 Å². The van der Waals surface area contributed by atoms with Crippen LogP contribution in [0.3, 0.4) is 0 Å². The molecule has 0 aliphatic carbocycles. The van der Waals surface area contributed by atoms with Crippen LogP contribution in [0.1, 0.15) is 41.8 Å². The van der Waals surface area contributed by atoms with Crippen molar-refractivity contribution in [3.8, 4) is 0 Å². The fraction of sp³-hybridized carbons (Fsp3) is 0.368. The minimum atomic E-state index is -0.241. The van der Waals surface area contributed by atoms with Crippen LogP contribution >= 0.6 is 23.7 Å². The van der Waals surface area contributed by atoms with E-state index in [1.165, 1.54) is 11.1 Å². The third-order valence-electron chi connectivity index (χ3n) is 5.06. The third kappa shape index (κ3) is 3.24. The maximum absolute atomic E-state index is 6.34. The van der Waals surface area contributed by atoms with E-state index in [1.54, 1.807) is 16.3 Å². The van der Waals surface area contributed by atoms with Crippen LogP contribution in [0.25, 0.3) is 0 Å². The van der Waals surface area contributed by atoms with Crippen LogP contribution in [0.5, 0.6) is 0 Å². The molecule has 2 N–H and O–H groups in total. The normalized spacial score (nSPS) is 19.8. The molecule has 4 rings (SSSR count). The largest absolute Gasteiger partial charge is 0.352 e. The van der Waals surface area contributed by atoms with E-state index in [9.17, 15) is 0 Å². The second-order valence-corrected chi connectivity index (χ2v) is 7.60. The minimum Gasteiger partial charge on any atom is -0.352 e. The number of halogens is 1. The molecule has 0 fully saturated rings. The van der Waals surface area contributed by atoms with Crippen molar-refractivity contribution in [3.05, 3.63) is 62.7 Å². The number of hydrogen-bond donors (Lipinski definition) is 1. The molecule has 1 aromatic carbocycles. The number of rotatable bonds is 1. The molecule has 7 heteroatoms. The Morgan fingerprint density at radius 3 is 2.58 bits per heavy atom. The summed E-state index contributed by atoms with van der Waals surface area (Å²) in [5.41, 5.74) is 6.05. The van der Waals surface area contributed by atoms with Crippen molar-refractivity contribution in [2.45, 2.75) is 39.9 Å². The van der Waals surface area contributed by atoms with Crippen LogP contribution in [0, 0.1) is 6.92 Å². The molecule has 2 aliphatic rings. The number of aliphatic imine (C=N–C) groups is 1. The first-order valence-corrected chi connectivity index (χ1v) is 9.46. The number of aryl methyl sites for hydroxylation is 1. The van der Waals surface area contributed by atoms with Crippen LogP contribution in [0.2, 0.25) is 0 Å². The van der Waals surface area contributed by atoms with Crippen molar-refractivity contribution in [1.82, 2.24) is 14.9 Å². The van der Waals surface area contributed by atoms with E-state index >= 15 is 0 Å². The van der Waals surface area contributed by atoms with Gasteiger partial charge in [0.05, 0.1) is 0 Å². The van der Waals surface area contributed by atoms with Gasteiger partial charge >= 0.3 is 0 Å². The van der Waals surface area contributed by atoms with Gasteiger partial charge < -0.3 is 4.90 Å². The lowest BCUT2D eigenvalue weighted by molar-refractivity contribution is 0.254.